The first-order chi connectivity index (χ1) is 14.9. The summed E-state index contributed by atoms with van der Waals surface area (Å²) in [7, 11) is 0. The number of hydrogen-bond acceptors (Lipinski definition) is 6. The number of aromatic nitrogens is 3. The van der Waals surface area contributed by atoms with Gasteiger partial charge in [-0.25, -0.2) is 4.98 Å². The zero-order chi connectivity index (χ0) is 22.1. The topological polar surface area (TPSA) is 66.3 Å². The Labute approximate surface area is 191 Å². The number of benzene rings is 1. The minimum Gasteiger partial charge on any atom is -0.369 e. The van der Waals surface area contributed by atoms with Crippen LogP contribution in [0, 0.1) is 6.92 Å². The van der Waals surface area contributed by atoms with Crippen molar-refractivity contribution in [1.29, 1.82) is 0 Å². The van der Waals surface area contributed by atoms with Gasteiger partial charge < -0.3 is 15.1 Å². The molecule has 0 aliphatic carbocycles. The molecule has 0 radical (unpaired) electrons. The Morgan fingerprint density at radius 2 is 1.77 bits per heavy atom. The van der Waals surface area contributed by atoms with Crippen molar-refractivity contribution in [2.24, 2.45) is 0 Å². The van der Waals surface area contributed by atoms with Gasteiger partial charge in [-0.2, -0.15) is 4.98 Å². The molecule has 1 N–H and O–H groups in total. The number of nitrogens with one attached hydrogen (secondary N) is 1. The zero-order valence-electron chi connectivity index (χ0n) is 18.5. The first-order valence-corrected chi connectivity index (χ1v) is 11.6. The lowest BCUT2D eigenvalue weighted by Gasteiger charge is -2.35. The minimum absolute atomic E-state index is 0.0119. The highest BCUT2D eigenvalue weighted by molar-refractivity contribution is 9.10. The maximum Gasteiger partial charge on any atom is 0.266 e. The Morgan fingerprint density at radius 3 is 2.39 bits per heavy atom. The van der Waals surface area contributed by atoms with Gasteiger partial charge in [0.05, 0.1) is 10.2 Å². The average molecular weight is 485 g/mol. The number of halogens is 1. The third kappa shape index (κ3) is 4.45. The highest BCUT2D eigenvalue weighted by Crippen LogP contribution is 2.25. The number of anilines is 3. The molecule has 8 heteroatoms. The summed E-state index contributed by atoms with van der Waals surface area (Å²) in [4.78, 5) is 26.9. The van der Waals surface area contributed by atoms with Crippen LogP contribution < -0.4 is 15.8 Å². The van der Waals surface area contributed by atoms with Gasteiger partial charge in [-0.1, -0.05) is 6.92 Å². The number of likely N-dealkylation sites (N-methyl/N-ethyl adjacent to an activating group) is 1. The highest BCUT2D eigenvalue weighted by atomic mass is 79.9. The molecule has 1 saturated heterocycles. The molecule has 164 valence electrons. The van der Waals surface area contributed by atoms with E-state index in [0.29, 0.717) is 16.1 Å². The summed E-state index contributed by atoms with van der Waals surface area (Å²) in [6.07, 6.45) is 0. The first kappa shape index (κ1) is 21.8. The normalized spacial score (nSPS) is 15.1. The Balaban J connectivity index is 1.59. The fraction of sp³-hybridized carbons (Fsp3) is 0.435. The Hall–Kier alpha value is -2.45. The maximum absolute atomic E-state index is 12.7. The molecule has 31 heavy (non-hydrogen) atoms. The largest absolute Gasteiger partial charge is 0.369 e. The average Bonchev–Trinajstić information content (AvgIpc) is 2.76. The number of aryl methyl sites for hydroxylation is 1. The summed E-state index contributed by atoms with van der Waals surface area (Å²) >= 11 is 3.38. The van der Waals surface area contributed by atoms with Crippen molar-refractivity contribution in [2.45, 2.75) is 33.7 Å². The summed E-state index contributed by atoms with van der Waals surface area (Å²) in [6.45, 7) is 13.5. The molecule has 0 saturated carbocycles. The summed E-state index contributed by atoms with van der Waals surface area (Å²) in [5.41, 5.74) is 3.54. The van der Waals surface area contributed by atoms with E-state index in [9.17, 15) is 4.79 Å². The van der Waals surface area contributed by atoms with Crippen LogP contribution in [0.5, 0.6) is 0 Å². The quantitative estimate of drug-likeness (QED) is 0.581. The van der Waals surface area contributed by atoms with Gasteiger partial charge in [0.2, 0.25) is 5.95 Å². The van der Waals surface area contributed by atoms with E-state index in [1.165, 1.54) is 5.69 Å². The van der Waals surface area contributed by atoms with Gasteiger partial charge in [-0.15, -0.1) is 0 Å². The predicted molar refractivity (Wildman–Crippen MR) is 131 cm³/mol. The van der Waals surface area contributed by atoms with Crippen molar-refractivity contribution >= 4 is 44.3 Å². The molecule has 3 heterocycles. The second kappa shape index (κ2) is 8.96. The lowest BCUT2D eigenvalue weighted by molar-refractivity contribution is 0.271. The molecule has 1 aliphatic rings. The summed E-state index contributed by atoms with van der Waals surface area (Å²) in [6, 6.07) is 10.2. The van der Waals surface area contributed by atoms with Gasteiger partial charge in [0.1, 0.15) is 5.65 Å². The molecule has 1 aliphatic heterocycles. The Morgan fingerprint density at radius 1 is 1.10 bits per heavy atom. The second-order valence-electron chi connectivity index (χ2n) is 8.22. The summed E-state index contributed by atoms with van der Waals surface area (Å²) < 4.78 is 2.23. The van der Waals surface area contributed by atoms with Crippen molar-refractivity contribution in [2.75, 3.05) is 42.9 Å². The standard InChI is InChI=1S/C23H29BrN6O/c1-5-28-10-12-29(13-11-28)18-8-6-17(7-9-18)26-23-25-16(4)19-14-20(24)22(31)30(15(2)3)21(19)27-23/h6-9,14-15H,5,10-13H2,1-4H3,(H,25,26,27). The molecular weight excluding hydrogens is 456 g/mol. The van der Waals surface area contributed by atoms with Crippen molar-refractivity contribution in [3.8, 4) is 0 Å². The molecule has 1 aromatic carbocycles. The van der Waals surface area contributed by atoms with Crippen LogP contribution in [0.2, 0.25) is 0 Å². The summed E-state index contributed by atoms with van der Waals surface area (Å²) in [5, 5.41) is 4.18. The number of fused-ring (bicyclic) bond motifs is 1. The lowest BCUT2D eigenvalue weighted by atomic mass is 10.2. The molecule has 0 bridgehead atoms. The van der Waals surface area contributed by atoms with E-state index in [4.69, 9.17) is 0 Å². The number of hydrogen-bond donors (Lipinski definition) is 1. The molecular formula is C23H29BrN6O. The van der Waals surface area contributed by atoms with Crippen molar-refractivity contribution in [3.05, 3.63) is 50.9 Å². The van der Waals surface area contributed by atoms with E-state index in [1.807, 2.05) is 26.8 Å². The van der Waals surface area contributed by atoms with Crippen LogP contribution in [0.1, 0.15) is 32.5 Å². The molecule has 0 spiro atoms. The highest BCUT2D eigenvalue weighted by Gasteiger charge is 2.17. The third-order valence-electron chi connectivity index (χ3n) is 5.86. The molecule has 4 rings (SSSR count). The van der Waals surface area contributed by atoms with Crippen molar-refractivity contribution < 1.29 is 0 Å². The third-order valence-corrected chi connectivity index (χ3v) is 6.43. The molecule has 2 aromatic heterocycles. The van der Waals surface area contributed by atoms with Gasteiger partial charge in [-0.3, -0.25) is 9.36 Å². The van der Waals surface area contributed by atoms with Gasteiger partial charge in [-0.05, 0) is 73.6 Å². The van der Waals surface area contributed by atoms with E-state index < -0.39 is 0 Å². The number of nitrogens with zero attached hydrogens (tertiary/aromatic N) is 5. The van der Waals surface area contributed by atoms with E-state index in [0.717, 1.165) is 49.5 Å². The zero-order valence-corrected chi connectivity index (χ0v) is 20.1. The molecule has 3 aromatic rings. The van der Waals surface area contributed by atoms with Crippen LogP contribution in [0.4, 0.5) is 17.3 Å². The smallest absolute Gasteiger partial charge is 0.266 e. The maximum atomic E-state index is 12.7. The minimum atomic E-state index is -0.0842. The van der Waals surface area contributed by atoms with E-state index in [-0.39, 0.29) is 11.6 Å². The van der Waals surface area contributed by atoms with Crippen molar-refractivity contribution in [3.63, 3.8) is 0 Å². The van der Waals surface area contributed by atoms with Gasteiger partial charge in [0.25, 0.3) is 5.56 Å². The first-order valence-electron chi connectivity index (χ1n) is 10.8. The lowest BCUT2D eigenvalue weighted by Crippen LogP contribution is -2.46. The van der Waals surface area contributed by atoms with E-state index in [2.05, 4.69) is 72.2 Å². The molecule has 0 amide bonds. The van der Waals surface area contributed by atoms with Crippen LogP contribution in [-0.2, 0) is 0 Å². The Bertz CT molecular complexity index is 1130. The van der Waals surface area contributed by atoms with Crippen molar-refractivity contribution in [1.82, 2.24) is 19.4 Å². The molecule has 1 fully saturated rings. The fourth-order valence-corrected chi connectivity index (χ4v) is 4.48. The number of piperazine rings is 1. The Kier molecular flexibility index (Phi) is 6.29. The molecule has 0 unspecified atom stereocenters. The van der Waals surface area contributed by atoms with Crippen LogP contribution in [0.3, 0.4) is 0 Å². The van der Waals surface area contributed by atoms with E-state index >= 15 is 0 Å². The molecule has 0 atom stereocenters. The molecule has 7 nitrogen and oxygen atoms in total. The van der Waals surface area contributed by atoms with Gasteiger partial charge >= 0.3 is 0 Å². The monoisotopic (exact) mass is 484 g/mol. The fourth-order valence-electron chi connectivity index (χ4n) is 4.06. The SMILES string of the molecule is CCN1CCN(c2ccc(Nc3nc(C)c4cc(Br)c(=O)n(C(C)C)c4n3)cc2)CC1. The van der Waals surface area contributed by atoms with E-state index in [1.54, 1.807) is 4.57 Å². The van der Waals surface area contributed by atoms with Crippen LogP contribution >= 0.6 is 15.9 Å². The second-order valence-corrected chi connectivity index (χ2v) is 9.08. The van der Waals surface area contributed by atoms with Gasteiger partial charge in [0.15, 0.2) is 0 Å². The predicted octanol–water partition coefficient (Wildman–Crippen LogP) is 4.33. The van der Waals surface area contributed by atoms with Crippen LogP contribution in [0.15, 0.2) is 39.6 Å². The number of rotatable bonds is 5. The van der Waals surface area contributed by atoms with Crippen LogP contribution in [-0.4, -0.2) is 52.2 Å². The number of pyridine rings is 1. The summed E-state index contributed by atoms with van der Waals surface area (Å²) in [5.74, 6) is 0.491. The van der Waals surface area contributed by atoms with Gasteiger partial charge in [0, 0.05) is 49.0 Å². The van der Waals surface area contributed by atoms with Crippen LogP contribution in [0.25, 0.3) is 11.0 Å².